The number of ether oxygens (including phenoxy) is 1. The number of benzene rings is 2. The maximum absolute atomic E-state index is 12.3. The highest BCUT2D eigenvalue weighted by atomic mass is 32.1. The first-order valence-corrected chi connectivity index (χ1v) is 10.1. The van der Waals surface area contributed by atoms with E-state index in [9.17, 15) is 4.79 Å². The van der Waals surface area contributed by atoms with Crippen molar-refractivity contribution in [1.29, 1.82) is 0 Å². The normalized spacial score (nSPS) is 11.7. The zero-order chi connectivity index (χ0) is 19.7. The molecule has 0 aliphatic heterocycles. The molecule has 0 aliphatic rings. The Hall–Kier alpha value is -2.92. The number of hydrogen-bond acceptors (Lipinski definition) is 4. The maximum Gasteiger partial charge on any atom is 0.259 e. The lowest BCUT2D eigenvalue weighted by Crippen LogP contribution is -2.18. The van der Waals surface area contributed by atoms with Crippen molar-refractivity contribution < 1.29 is 4.74 Å². The Balaban J connectivity index is 1.50. The second-order valence-corrected chi connectivity index (χ2v) is 8.22. The molecule has 0 saturated carbocycles. The second kappa shape index (κ2) is 7.24. The van der Waals surface area contributed by atoms with E-state index < -0.39 is 0 Å². The van der Waals surface area contributed by atoms with E-state index in [0.29, 0.717) is 10.7 Å². The molecular weight excluding hydrogens is 368 g/mol. The molecule has 2 heterocycles. The van der Waals surface area contributed by atoms with Gasteiger partial charge in [0, 0.05) is 22.6 Å². The summed E-state index contributed by atoms with van der Waals surface area (Å²) in [7, 11) is 0. The number of rotatable bonds is 5. The monoisotopic (exact) mass is 390 g/mol. The first-order chi connectivity index (χ1) is 13.4. The Morgan fingerprint density at radius 3 is 2.43 bits per heavy atom. The van der Waals surface area contributed by atoms with E-state index in [4.69, 9.17) is 4.74 Å². The molecule has 4 nitrogen and oxygen atoms in total. The van der Waals surface area contributed by atoms with Crippen molar-refractivity contribution >= 4 is 16.3 Å². The molecule has 0 saturated heterocycles. The van der Waals surface area contributed by atoms with Crippen molar-refractivity contribution in [2.24, 2.45) is 0 Å². The Kier molecular flexibility index (Phi) is 4.77. The lowest BCUT2D eigenvalue weighted by molar-refractivity contribution is 0.301. The Bertz CT molecular complexity index is 1160. The average molecular weight is 391 g/mol. The molecule has 0 amide bonds. The highest BCUT2D eigenvalue weighted by Crippen LogP contribution is 2.32. The summed E-state index contributed by atoms with van der Waals surface area (Å²) in [6, 6.07) is 20.1. The van der Waals surface area contributed by atoms with Crippen LogP contribution in [0.3, 0.4) is 0 Å². The zero-order valence-corrected chi connectivity index (χ0v) is 17.0. The van der Waals surface area contributed by atoms with Crippen LogP contribution in [0, 0.1) is 6.92 Å². The van der Waals surface area contributed by atoms with E-state index in [2.05, 4.69) is 55.2 Å². The van der Waals surface area contributed by atoms with Crippen LogP contribution in [-0.4, -0.2) is 9.38 Å². The van der Waals surface area contributed by atoms with Gasteiger partial charge in [-0.3, -0.25) is 9.20 Å². The highest BCUT2D eigenvalue weighted by molar-refractivity contribution is 7.15. The highest BCUT2D eigenvalue weighted by Gasteiger charge is 2.22. The van der Waals surface area contributed by atoms with Gasteiger partial charge in [0.15, 0.2) is 4.96 Å². The third-order valence-electron chi connectivity index (χ3n) is 5.09. The summed E-state index contributed by atoms with van der Waals surface area (Å²) in [5, 5.41) is 1.93. The zero-order valence-electron chi connectivity index (χ0n) is 16.2. The van der Waals surface area contributed by atoms with Crippen LogP contribution >= 0.6 is 11.3 Å². The quantitative estimate of drug-likeness (QED) is 0.483. The number of nitrogens with zero attached hydrogens (tertiary/aromatic N) is 2. The molecule has 0 spiro atoms. The largest absolute Gasteiger partial charge is 0.487 e. The number of fused-ring (bicyclic) bond motifs is 1. The van der Waals surface area contributed by atoms with Crippen LogP contribution < -0.4 is 10.3 Å². The van der Waals surface area contributed by atoms with Gasteiger partial charge in [-0.25, -0.2) is 4.98 Å². The first-order valence-electron chi connectivity index (χ1n) is 9.21. The predicted octanol–water partition coefficient (Wildman–Crippen LogP) is 4.97. The van der Waals surface area contributed by atoms with Crippen molar-refractivity contribution in [2.45, 2.75) is 32.8 Å². The molecule has 4 rings (SSSR count). The van der Waals surface area contributed by atoms with Crippen LogP contribution in [-0.2, 0) is 12.0 Å². The molecule has 0 aliphatic carbocycles. The average Bonchev–Trinajstić information content (AvgIpc) is 3.08. The summed E-state index contributed by atoms with van der Waals surface area (Å²) in [5.74, 6) is 0.761. The van der Waals surface area contributed by atoms with Crippen LogP contribution in [0.4, 0.5) is 0 Å². The number of thiazole rings is 1. The molecule has 0 N–H and O–H groups in total. The predicted molar refractivity (Wildman–Crippen MR) is 113 cm³/mol. The summed E-state index contributed by atoms with van der Waals surface area (Å²) in [6.07, 6.45) is 0. The van der Waals surface area contributed by atoms with Crippen molar-refractivity contribution in [3.8, 4) is 5.75 Å². The van der Waals surface area contributed by atoms with E-state index in [1.807, 2.05) is 30.5 Å². The minimum absolute atomic E-state index is 0.0673. The van der Waals surface area contributed by atoms with Gasteiger partial charge in [-0.2, -0.15) is 0 Å². The van der Waals surface area contributed by atoms with E-state index in [0.717, 1.165) is 11.4 Å². The van der Waals surface area contributed by atoms with Gasteiger partial charge in [0.1, 0.15) is 12.4 Å². The van der Waals surface area contributed by atoms with Crippen LogP contribution in [0.2, 0.25) is 0 Å². The van der Waals surface area contributed by atoms with Crippen LogP contribution in [0.15, 0.2) is 70.8 Å². The van der Waals surface area contributed by atoms with Crippen LogP contribution in [0.1, 0.15) is 36.4 Å². The topological polar surface area (TPSA) is 43.6 Å². The SMILES string of the molecule is Cc1csc2nc(COc3ccc(C(C)(C)c4ccccc4)cc3)cc(=O)n12. The third kappa shape index (κ3) is 3.45. The van der Waals surface area contributed by atoms with Crippen molar-refractivity contribution in [3.63, 3.8) is 0 Å². The first kappa shape index (κ1) is 18.4. The van der Waals surface area contributed by atoms with Crippen molar-refractivity contribution in [1.82, 2.24) is 9.38 Å². The molecule has 2 aromatic carbocycles. The molecule has 0 unspecified atom stereocenters. The number of aryl methyl sites for hydroxylation is 1. The number of hydrogen-bond donors (Lipinski definition) is 0. The molecule has 0 bridgehead atoms. The summed E-state index contributed by atoms with van der Waals surface area (Å²) >= 11 is 1.46. The summed E-state index contributed by atoms with van der Waals surface area (Å²) in [6.45, 7) is 6.60. The van der Waals surface area contributed by atoms with Crippen LogP contribution in [0.25, 0.3) is 4.96 Å². The molecular formula is C23H22N2O2S. The Labute approximate surface area is 168 Å². The molecule has 4 aromatic rings. The molecule has 28 heavy (non-hydrogen) atoms. The van der Waals surface area contributed by atoms with E-state index in [1.165, 1.54) is 22.5 Å². The van der Waals surface area contributed by atoms with Gasteiger partial charge < -0.3 is 4.74 Å². The summed E-state index contributed by atoms with van der Waals surface area (Å²) in [5.41, 5.74) is 3.88. The van der Waals surface area contributed by atoms with Crippen molar-refractivity contribution in [2.75, 3.05) is 0 Å². The van der Waals surface area contributed by atoms with E-state index in [1.54, 1.807) is 10.5 Å². The van der Waals surface area contributed by atoms with Gasteiger partial charge in [-0.15, -0.1) is 11.3 Å². The second-order valence-electron chi connectivity index (χ2n) is 7.38. The molecule has 0 fully saturated rings. The lowest BCUT2D eigenvalue weighted by atomic mass is 9.78. The standard InChI is InChI=1S/C23H22N2O2S/c1-16-15-28-22-24-19(13-21(26)25(16)22)14-27-20-11-9-18(10-12-20)23(2,3)17-7-5-4-6-8-17/h4-13,15H,14H2,1-3H3. The molecule has 0 atom stereocenters. The Morgan fingerprint density at radius 2 is 1.71 bits per heavy atom. The smallest absolute Gasteiger partial charge is 0.259 e. The molecule has 5 heteroatoms. The molecule has 2 aromatic heterocycles. The fourth-order valence-corrected chi connectivity index (χ4v) is 4.21. The van der Waals surface area contributed by atoms with Crippen molar-refractivity contribution in [3.05, 3.63) is 98.9 Å². The molecule has 142 valence electrons. The minimum Gasteiger partial charge on any atom is -0.487 e. The number of aromatic nitrogens is 2. The minimum atomic E-state index is -0.0852. The van der Waals surface area contributed by atoms with Gasteiger partial charge in [0.05, 0.1) is 5.69 Å². The lowest BCUT2D eigenvalue weighted by Gasteiger charge is -2.26. The van der Waals surface area contributed by atoms with E-state index in [-0.39, 0.29) is 17.6 Å². The van der Waals surface area contributed by atoms with Gasteiger partial charge in [0.2, 0.25) is 0 Å². The Morgan fingerprint density at radius 1 is 1.04 bits per heavy atom. The fourth-order valence-electron chi connectivity index (χ4n) is 3.32. The summed E-state index contributed by atoms with van der Waals surface area (Å²) in [4.78, 5) is 17.5. The van der Waals surface area contributed by atoms with Gasteiger partial charge >= 0.3 is 0 Å². The maximum atomic E-state index is 12.3. The van der Waals surface area contributed by atoms with Gasteiger partial charge in [0.25, 0.3) is 5.56 Å². The summed E-state index contributed by atoms with van der Waals surface area (Å²) < 4.78 is 7.49. The van der Waals surface area contributed by atoms with E-state index >= 15 is 0 Å². The molecule has 0 radical (unpaired) electrons. The third-order valence-corrected chi connectivity index (χ3v) is 6.03. The van der Waals surface area contributed by atoms with Gasteiger partial charge in [-0.05, 0) is 30.2 Å². The van der Waals surface area contributed by atoms with Crippen LogP contribution in [0.5, 0.6) is 5.75 Å². The fraction of sp³-hybridized carbons (Fsp3) is 0.217. The van der Waals surface area contributed by atoms with Gasteiger partial charge in [-0.1, -0.05) is 56.3 Å².